The molecule has 0 atom stereocenters. The summed E-state index contributed by atoms with van der Waals surface area (Å²) in [5.74, 6) is 1.26. The van der Waals surface area contributed by atoms with E-state index in [9.17, 15) is 0 Å². The van der Waals surface area contributed by atoms with Crippen LogP contribution in [0.1, 0.15) is 0 Å². The third kappa shape index (κ3) is 4.22. The van der Waals surface area contributed by atoms with Gasteiger partial charge in [-0.05, 0) is 30.3 Å². The van der Waals surface area contributed by atoms with Gasteiger partial charge in [0.1, 0.15) is 5.69 Å². The van der Waals surface area contributed by atoms with Crippen molar-refractivity contribution in [3.8, 4) is 45.4 Å². The second kappa shape index (κ2) is 9.94. The number of hydrogen-bond donors (Lipinski definition) is 0. The number of fused-ring (bicyclic) bond motifs is 4. The minimum Gasteiger partial charge on any atom is -0.245 e. The lowest BCUT2D eigenvalue weighted by Crippen LogP contribution is -1.96. The predicted molar refractivity (Wildman–Crippen MR) is 167 cm³/mol. The Morgan fingerprint density at radius 2 is 1.05 bits per heavy atom. The molecule has 0 saturated carbocycles. The van der Waals surface area contributed by atoms with Gasteiger partial charge in [-0.25, -0.2) is 29.9 Å². The van der Waals surface area contributed by atoms with Crippen LogP contribution in [0.2, 0.25) is 0 Å². The number of aromatic nitrogens is 6. The van der Waals surface area contributed by atoms with Crippen molar-refractivity contribution in [1.29, 1.82) is 0 Å². The van der Waals surface area contributed by atoms with Crippen LogP contribution in [0.25, 0.3) is 78.1 Å². The van der Waals surface area contributed by atoms with Crippen LogP contribution < -0.4 is 0 Å². The van der Waals surface area contributed by atoms with Crippen LogP contribution in [0.3, 0.4) is 0 Å². The lowest BCUT2D eigenvalue weighted by atomic mass is 10.0. The van der Waals surface area contributed by atoms with E-state index in [-0.39, 0.29) is 0 Å². The highest BCUT2D eigenvalue weighted by Gasteiger charge is 2.13. The molecule has 4 heterocycles. The van der Waals surface area contributed by atoms with Crippen molar-refractivity contribution in [2.75, 3.05) is 0 Å². The van der Waals surface area contributed by atoms with Crippen molar-refractivity contribution in [3.63, 3.8) is 0 Å². The van der Waals surface area contributed by atoms with Crippen LogP contribution in [0.15, 0.2) is 134 Å². The molecule has 0 spiro atoms. The summed E-state index contributed by atoms with van der Waals surface area (Å²) < 4.78 is 0. The first kappa shape index (κ1) is 24.0. The fraction of sp³-hybridized carbons (Fsp3) is 0. The maximum Gasteiger partial charge on any atom is 0.178 e. The number of para-hydroxylation sites is 1. The molecular weight excluding hydrogens is 516 g/mol. The van der Waals surface area contributed by atoms with Crippen LogP contribution >= 0.6 is 0 Å². The Kier molecular flexibility index (Phi) is 5.67. The molecule has 0 amide bonds. The smallest absolute Gasteiger partial charge is 0.178 e. The minimum atomic E-state index is 0.588. The molecule has 8 rings (SSSR count). The molecule has 6 heteroatoms. The molecule has 8 aromatic rings. The van der Waals surface area contributed by atoms with Crippen LogP contribution in [0.4, 0.5) is 0 Å². The van der Waals surface area contributed by atoms with Crippen LogP contribution in [-0.4, -0.2) is 29.9 Å². The quantitative estimate of drug-likeness (QED) is 0.210. The average molecular weight is 539 g/mol. The van der Waals surface area contributed by atoms with Gasteiger partial charge in [0, 0.05) is 45.2 Å². The zero-order valence-corrected chi connectivity index (χ0v) is 22.4. The van der Waals surface area contributed by atoms with Gasteiger partial charge < -0.3 is 0 Å². The highest BCUT2D eigenvalue weighted by molar-refractivity contribution is 6.04. The van der Waals surface area contributed by atoms with Gasteiger partial charge in [0.2, 0.25) is 0 Å². The maximum atomic E-state index is 5.11. The van der Waals surface area contributed by atoms with Crippen LogP contribution in [-0.2, 0) is 0 Å². The third-order valence-corrected chi connectivity index (χ3v) is 7.38. The van der Waals surface area contributed by atoms with Crippen molar-refractivity contribution < 1.29 is 0 Å². The van der Waals surface area contributed by atoms with E-state index in [4.69, 9.17) is 19.9 Å². The summed E-state index contributed by atoms with van der Waals surface area (Å²) >= 11 is 0. The first-order chi connectivity index (χ1) is 20.8. The topological polar surface area (TPSA) is 77.3 Å². The van der Waals surface area contributed by atoms with Gasteiger partial charge in [-0.15, -0.1) is 0 Å². The Labute approximate surface area is 241 Å². The third-order valence-electron chi connectivity index (χ3n) is 7.38. The van der Waals surface area contributed by atoms with E-state index >= 15 is 0 Å². The van der Waals surface area contributed by atoms with E-state index in [2.05, 4.69) is 58.5 Å². The van der Waals surface area contributed by atoms with Crippen molar-refractivity contribution in [2.24, 2.45) is 0 Å². The van der Waals surface area contributed by atoms with Gasteiger partial charge in [-0.1, -0.05) is 91.0 Å². The molecule has 0 unspecified atom stereocenters. The molecule has 196 valence electrons. The molecule has 4 aromatic heterocycles. The molecule has 42 heavy (non-hydrogen) atoms. The van der Waals surface area contributed by atoms with Crippen molar-refractivity contribution >= 4 is 32.7 Å². The van der Waals surface area contributed by atoms with E-state index in [1.807, 2.05) is 66.7 Å². The number of benzene rings is 4. The van der Waals surface area contributed by atoms with Gasteiger partial charge in [-0.3, -0.25) is 0 Å². The first-order valence-corrected chi connectivity index (χ1v) is 13.7. The van der Waals surface area contributed by atoms with E-state index < -0.39 is 0 Å². The fourth-order valence-electron chi connectivity index (χ4n) is 5.32. The molecular formula is C36H22N6. The van der Waals surface area contributed by atoms with Gasteiger partial charge >= 0.3 is 0 Å². The van der Waals surface area contributed by atoms with E-state index in [1.54, 1.807) is 18.5 Å². The largest absolute Gasteiger partial charge is 0.245 e. The highest BCUT2D eigenvalue weighted by atomic mass is 14.9. The van der Waals surface area contributed by atoms with Gasteiger partial charge in [0.05, 0.1) is 27.9 Å². The minimum absolute atomic E-state index is 0.588. The first-order valence-electron chi connectivity index (χ1n) is 13.7. The molecule has 0 fully saturated rings. The zero-order chi connectivity index (χ0) is 27.9. The molecule has 0 aliphatic heterocycles. The Morgan fingerprint density at radius 3 is 1.86 bits per heavy atom. The molecule has 6 nitrogen and oxygen atoms in total. The lowest BCUT2D eigenvalue weighted by Gasteiger charge is -2.11. The molecule has 0 radical (unpaired) electrons. The predicted octanol–water partition coefficient (Wildman–Crippen LogP) is 8.18. The van der Waals surface area contributed by atoms with Gasteiger partial charge in [0.15, 0.2) is 11.6 Å². The fourth-order valence-corrected chi connectivity index (χ4v) is 5.32. The Morgan fingerprint density at radius 1 is 0.405 bits per heavy atom. The standard InChI is InChI=1S/C36H22N6/c1-2-8-23(9-3-1)32-28-12-4-5-13-30(28)41-35(42-32)27-11-6-10-26(22-27)29-18-16-24-14-15-25-17-19-31(36-37-20-7-21-38-36)40-34(25)33(24)39-29/h1-22H. The summed E-state index contributed by atoms with van der Waals surface area (Å²) in [4.78, 5) is 28.8. The van der Waals surface area contributed by atoms with Crippen LogP contribution in [0, 0.1) is 0 Å². The average Bonchev–Trinajstić information content (AvgIpc) is 3.08. The summed E-state index contributed by atoms with van der Waals surface area (Å²) in [5, 5.41) is 3.06. The Balaban J connectivity index is 1.26. The van der Waals surface area contributed by atoms with Gasteiger partial charge in [-0.2, -0.15) is 0 Å². The van der Waals surface area contributed by atoms with Crippen LogP contribution in [0.5, 0.6) is 0 Å². The van der Waals surface area contributed by atoms with E-state index in [1.165, 1.54) is 0 Å². The molecule has 0 N–H and O–H groups in total. The molecule has 4 aromatic carbocycles. The van der Waals surface area contributed by atoms with E-state index in [0.717, 1.165) is 60.8 Å². The Bertz CT molecular complexity index is 2250. The zero-order valence-electron chi connectivity index (χ0n) is 22.4. The second-order valence-electron chi connectivity index (χ2n) is 10.0. The molecule has 0 aliphatic carbocycles. The second-order valence-corrected chi connectivity index (χ2v) is 10.0. The molecule has 0 bridgehead atoms. The van der Waals surface area contributed by atoms with E-state index in [0.29, 0.717) is 17.3 Å². The lowest BCUT2D eigenvalue weighted by molar-refractivity contribution is 1.15. The summed E-state index contributed by atoms with van der Waals surface area (Å²) in [6.07, 6.45) is 3.45. The number of hydrogen-bond acceptors (Lipinski definition) is 6. The number of pyridine rings is 2. The number of rotatable bonds is 4. The SMILES string of the molecule is c1ccc(-c2nc(-c3cccc(-c4ccc5ccc6ccc(-c7ncccn7)nc6c5n4)c3)nc3ccccc23)cc1. The van der Waals surface area contributed by atoms with Crippen molar-refractivity contribution in [3.05, 3.63) is 134 Å². The summed E-state index contributed by atoms with van der Waals surface area (Å²) in [6.45, 7) is 0. The number of nitrogens with zero attached hydrogens (tertiary/aromatic N) is 6. The summed E-state index contributed by atoms with van der Waals surface area (Å²) in [6, 6.07) is 40.7. The summed E-state index contributed by atoms with van der Waals surface area (Å²) in [7, 11) is 0. The molecule has 0 aliphatic rings. The van der Waals surface area contributed by atoms with Gasteiger partial charge in [0.25, 0.3) is 0 Å². The normalized spacial score (nSPS) is 11.3. The Hall–Kier alpha value is -5.88. The maximum absolute atomic E-state index is 5.11. The molecule has 0 saturated heterocycles. The monoisotopic (exact) mass is 538 g/mol. The van der Waals surface area contributed by atoms with Crippen molar-refractivity contribution in [1.82, 2.24) is 29.9 Å². The van der Waals surface area contributed by atoms with Crippen molar-refractivity contribution in [2.45, 2.75) is 0 Å². The highest BCUT2D eigenvalue weighted by Crippen LogP contribution is 2.32. The summed E-state index contributed by atoms with van der Waals surface area (Å²) in [5.41, 5.74) is 8.01.